The zero-order valence-corrected chi connectivity index (χ0v) is 12.9. The summed E-state index contributed by atoms with van der Waals surface area (Å²) >= 11 is 0. The lowest BCUT2D eigenvalue weighted by Gasteiger charge is -2.31. The van der Waals surface area contributed by atoms with Crippen LogP contribution in [0, 0.1) is 19.3 Å². The Bertz CT molecular complexity index is 382. The summed E-state index contributed by atoms with van der Waals surface area (Å²) in [5.74, 6) is 0. The fourth-order valence-corrected chi connectivity index (χ4v) is 3.57. The van der Waals surface area contributed by atoms with Crippen LogP contribution in [0.15, 0.2) is 18.2 Å². The molecule has 1 heteroatoms. The maximum atomic E-state index is 3.68. The van der Waals surface area contributed by atoms with Crippen molar-refractivity contribution in [2.75, 3.05) is 13.1 Å². The molecule has 0 spiro atoms. The Kier molecular flexibility index (Phi) is 5.04. The Morgan fingerprint density at radius 2 is 1.74 bits per heavy atom. The fourth-order valence-electron chi connectivity index (χ4n) is 3.57. The van der Waals surface area contributed by atoms with Crippen LogP contribution >= 0.6 is 0 Å². The Balaban J connectivity index is 2.12. The van der Waals surface area contributed by atoms with Gasteiger partial charge >= 0.3 is 0 Å². The Morgan fingerprint density at radius 3 is 2.32 bits per heavy atom. The van der Waals surface area contributed by atoms with E-state index in [4.69, 9.17) is 0 Å². The first-order valence-electron chi connectivity index (χ1n) is 7.93. The molecule has 0 saturated heterocycles. The molecule has 0 atom stereocenters. The summed E-state index contributed by atoms with van der Waals surface area (Å²) in [5.41, 5.74) is 5.07. The largest absolute Gasteiger partial charge is 0.316 e. The first kappa shape index (κ1) is 14.6. The highest BCUT2D eigenvalue weighted by Gasteiger charge is 2.34. The SMILES string of the molecule is CCCNCC1(Cc2c(C)cccc2C)CCCC1. The molecule has 0 heterocycles. The molecule has 1 aromatic rings. The van der Waals surface area contributed by atoms with E-state index in [1.54, 1.807) is 5.56 Å². The van der Waals surface area contributed by atoms with Gasteiger partial charge in [-0.3, -0.25) is 0 Å². The van der Waals surface area contributed by atoms with Crippen molar-refractivity contribution in [2.24, 2.45) is 5.41 Å². The van der Waals surface area contributed by atoms with E-state index in [9.17, 15) is 0 Å². The van der Waals surface area contributed by atoms with Crippen LogP contribution in [0.3, 0.4) is 0 Å². The summed E-state index contributed by atoms with van der Waals surface area (Å²) in [6, 6.07) is 6.72. The standard InChI is InChI=1S/C18H29N/c1-4-12-19-14-18(10-5-6-11-18)13-17-15(2)8-7-9-16(17)3/h7-9,19H,4-6,10-14H2,1-3H3. The Morgan fingerprint density at radius 1 is 1.11 bits per heavy atom. The average Bonchev–Trinajstić information content (AvgIpc) is 2.84. The molecule has 2 rings (SSSR count). The molecule has 0 unspecified atom stereocenters. The van der Waals surface area contributed by atoms with Crippen molar-refractivity contribution in [3.05, 3.63) is 34.9 Å². The highest BCUT2D eigenvalue weighted by Crippen LogP contribution is 2.41. The van der Waals surface area contributed by atoms with Gasteiger partial charge in [-0.05, 0) is 68.2 Å². The van der Waals surface area contributed by atoms with Crippen LogP contribution in [0.1, 0.15) is 55.7 Å². The molecule has 1 saturated carbocycles. The molecule has 106 valence electrons. The number of hydrogen-bond acceptors (Lipinski definition) is 1. The van der Waals surface area contributed by atoms with E-state index >= 15 is 0 Å². The van der Waals surface area contributed by atoms with Crippen LogP contribution in [-0.2, 0) is 6.42 Å². The smallest absolute Gasteiger partial charge is 0.00110 e. The molecule has 0 aliphatic heterocycles. The molecule has 0 aromatic heterocycles. The lowest BCUT2D eigenvalue weighted by Crippen LogP contribution is -2.34. The van der Waals surface area contributed by atoms with Gasteiger partial charge in [-0.1, -0.05) is 38.0 Å². The van der Waals surface area contributed by atoms with Gasteiger partial charge in [0, 0.05) is 6.54 Å². The third kappa shape index (κ3) is 3.60. The van der Waals surface area contributed by atoms with Gasteiger partial charge < -0.3 is 5.32 Å². The second kappa shape index (κ2) is 6.56. The summed E-state index contributed by atoms with van der Waals surface area (Å²) in [5, 5.41) is 3.68. The maximum Gasteiger partial charge on any atom is 0.00110 e. The Hall–Kier alpha value is -0.820. The van der Waals surface area contributed by atoms with Crippen molar-refractivity contribution in [1.82, 2.24) is 5.32 Å². The van der Waals surface area contributed by atoms with E-state index in [1.807, 2.05) is 0 Å². The zero-order chi connectivity index (χ0) is 13.7. The van der Waals surface area contributed by atoms with Gasteiger partial charge in [-0.15, -0.1) is 0 Å². The molecule has 0 bridgehead atoms. The van der Waals surface area contributed by atoms with Crippen molar-refractivity contribution >= 4 is 0 Å². The van der Waals surface area contributed by atoms with Crippen molar-refractivity contribution in [1.29, 1.82) is 0 Å². The summed E-state index contributed by atoms with van der Waals surface area (Å²) < 4.78 is 0. The van der Waals surface area contributed by atoms with E-state index < -0.39 is 0 Å². The minimum absolute atomic E-state index is 0.520. The van der Waals surface area contributed by atoms with E-state index in [0.717, 1.165) is 6.54 Å². The zero-order valence-electron chi connectivity index (χ0n) is 12.9. The van der Waals surface area contributed by atoms with Crippen LogP contribution in [0.5, 0.6) is 0 Å². The minimum Gasteiger partial charge on any atom is -0.316 e. The summed E-state index contributed by atoms with van der Waals surface area (Å²) in [6.07, 6.45) is 8.13. The lowest BCUT2D eigenvalue weighted by molar-refractivity contribution is 0.277. The quantitative estimate of drug-likeness (QED) is 0.746. The topological polar surface area (TPSA) is 12.0 Å². The second-order valence-corrected chi connectivity index (χ2v) is 6.43. The van der Waals surface area contributed by atoms with Gasteiger partial charge in [0.25, 0.3) is 0 Å². The highest BCUT2D eigenvalue weighted by molar-refractivity contribution is 5.34. The first-order valence-corrected chi connectivity index (χ1v) is 7.93. The molecule has 0 amide bonds. The summed E-state index contributed by atoms with van der Waals surface area (Å²) in [6.45, 7) is 9.15. The third-order valence-corrected chi connectivity index (χ3v) is 4.79. The van der Waals surface area contributed by atoms with Gasteiger partial charge in [-0.25, -0.2) is 0 Å². The van der Waals surface area contributed by atoms with Crippen LogP contribution < -0.4 is 5.32 Å². The first-order chi connectivity index (χ1) is 9.17. The molecule has 1 nitrogen and oxygen atoms in total. The van der Waals surface area contributed by atoms with Gasteiger partial charge in [0.05, 0.1) is 0 Å². The number of benzene rings is 1. The Labute approximate surface area is 118 Å². The molecule has 1 aromatic carbocycles. The molecule has 0 radical (unpaired) electrons. The van der Waals surface area contributed by atoms with Crippen molar-refractivity contribution in [2.45, 2.75) is 59.3 Å². The van der Waals surface area contributed by atoms with E-state index in [0.29, 0.717) is 5.41 Å². The molecule has 1 aliphatic carbocycles. The van der Waals surface area contributed by atoms with Crippen LogP contribution in [0.25, 0.3) is 0 Å². The monoisotopic (exact) mass is 259 g/mol. The second-order valence-electron chi connectivity index (χ2n) is 6.43. The van der Waals surface area contributed by atoms with Crippen LogP contribution in [-0.4, -0.2) is 13.1 Å². The summed E-state index contributed by atoms with van der Waals surface area (Å²) in [4.78, 5) is 0. The van der Waals surface area contributed by atoms with Gasteiger partial charge in [0.2, 0.25) is 0 Å². The predicted octanol–water partition coefficient (Wildman–Crippen LogP) is 4.41. The van der Waals surface area contributed by atoms with Crippen LogP contribution in [0.4, 0.5) is 0 Å². The molecule has 19 heavy (non-hydrogen) atoms. The van der Waals surface area contributed by atoms with Gasteiger partial charge in [0.1, 0.15) is 0 Å². The third-order valence-electron chi connectivity index (χ3n) is 4.79. The molecule has 1 aliphatic rings. The molecule has 1 N–H and O–H groups in total. The number of aryl methyl sites for hydroxylation is 2. The number of rotatable bonds is 6. The van der Waals surface area contributed by atoms with E-state index in [-0.39, 0.29) is 0 Å². The highest BCUT2D eigenvalue weighted by atomic mass is 14.9. The molecular formula is C18H29N. The average molecular weight is 259 g/mol. The van der Waals surface area contributed by atoms with Gasteiger partial charge in [-0.2, -0.15) is 0 Å². The summed E-state index contributed by atoms with van der Waals surface area (Å²) in [7, 11) is 0. The predicted molar refractivity (Wildman–Crippen MR) is 83.7 cm³/mol. The van der Waals surface area contributed by atoms with Crippen molar-refractivity contribution < 1.29 is 0 Å². The maximum absolute atomic E-state index is 3.68. The van der Waals surface area contributed by atoms with Crippen LogP contribution in [0.2, 0.25) is 0 Å². The fraction of sp³-hybridized carbons (Fsp3) is 0.667. The van der Waals surface area contributed by atoms with E-state index in [2.05, 4.69) is 44.3 Å². The number of nitrogens with one attached hydrogen (secondary N) is 1. The normalized spacial score (nSPS) is 17.8. The van der Waals surface area contributed by atoms with E-state index in [1.165, 1.54) is 56.2 Å². The van der Waals surface area contributed by atoms with Crippen molar-refractivity contribution in [3.8, 4) is 0 Å². The van der Waals surface area contributed by atoms with Gasteiger partial charge in [0.15, 0.2) is 0 Å². The molecular weight excluding hydrogens is 230 g/mol. The minimum atomic E-state index is 0.520. The number of hydrogen-bond donors (Lipinski definition) is 1. The molecule has 1 fully saturated rings. The lowest BCUT2D eigenvalue weighted by atomic mass is 9.78. The van der Waals surface area contributed by atoms with Crippen molar-refractivity contribution in [3.63, 3.8) is 0 Å².